The number of likely N-dealkylation sites (tertiary alicyclic amines) is 1. The van der Waals surface area contributed by atoms with Crippen LogP contribution < -0.4 is 10.5 Å². The maximum Gasteiger partial charge on any atom is 0.159 e. The molecule has 4 heteroatoms. The zero-order valence-electron chi connectivity index (χ0n) is 13.1. The van der Waals surface area contributed by atoms with E-state index >= 15 is 0 Å². The largest absolute Gasteiger partial charge is 0.496 e. The second-order valence-corrected chi connectivity index (χ2v) is 5.88. The van der Waals surface area contributed by atoms with Crippen molar-refractivity contribution < 1.29 is 9.53 Å². The van der Waals surface area contributed by atoms with Crippen molar-refractivity contribution in [2.24, 2.45) is 11.7 Å². The third kappa shape index (κ3) is 4.29. The van der Waals surface area contributed by atoms with Crippen LogP contribution in [-0.2, 0) is 6.54 Å². The van der Waals surface area contributed by atoms with Gasteiger partial charge in [-0.2, -0.15) is 0 Å². The van der Waals surface area contributed by atoms with Crippen LogP contribution in [0.2, 0.25) is 0 Å². The van der Waals surface area contributed by atoms with Crippen LogP contribution in [-0.4, -0.2) is 37.4 Å². The summed E-state index contributed by atoms with van der Waals surface area (Å²) in [6.07, 6.45) is 3.56. The van der Waals surface area contributed by atoms with Crippen molar-refractivity contribution in [1.29, 1.82) is 0 Å². The molecule has 1 aromatic carbocycles. The molecule has 2 N–H and O–H groups in total. The molecular weight excluding hydrogens is 264 g/mol. The number of benzene rings is 1. The molecule has 0 atom stereocenters. The molecule has 1 saturated heterocycles. The van der Waals surface area contributed by atoms with E-state index in [0.717, 1.165) is 55.4 Å². The molecule has 2 rings (SSSR count). The van der Waals surface area contributed by atoms with E-state index < -0.39 is 0 Å². The lowest BCUT2D eigenvalue weighted by molar-refractivity contribution is 0.101. The lowest BCUT2D eigenvalue weighted by atomic mass is 9.93. The van der Waals surface area contributed by atoms with Crippen LogP contribution in [0.3, 0.4) is 0 Å². The van der Waals surface area contributed by atoms with Crippen molar-refractivity contribution in [2.75, 3.05) is 26.7 Å². The number of piperidine rings is 1. The first kappa shape index (κ1) is 16.0. The average Bonchev–Trinajstić information content (AvgIpc) is 2.49. The minimum Gasteiger partial charge on any atom is -0.496 e. The van der Waals surface area contributed by atoms with Crippen LogP contribution >= 0.6 is 0 Å². The SMILES string of the molecule is COc1ccc(C(C)=O)cc1CN1CCC(CCN)CC1. The van der Waals surface area contributed by atoms with E-state index in [1.807, 2.05) is 18.2 Å². The van der Waals surface area contributed by atoms with Gasteiger partial charge in [-0.25, -0.2) is 0 Å². The first-order chi connectivity index (χ1) is 10.1. The molecule has 0 spiro atoms. The summed E-state index contributed by atoms with van der Waals surface area (Å²) in [6.45, 7) is 5.43. The highest BCUT2D eigenvalue weighted by Crippen LogP contribution is 2.25. The average molecular weight is 290 g/mol. The van der Waals surface area contributed by atoms with Crippen molar-refractivity contribution >= 4 is 5.78 Å². The van der Waals surface area contributed by atoms with Gasteiger partial charge in [0.25, 0.3) is 0 Å². The fourth-order valence-electron chi connectivity index (χ4n) is 3.03. The molecule has 116 valence electrons. The molecule has 0 amide bonds. The summed E-state index contributed by atoms with van der Waals surface area (Å²) < 4.78 is 5.43. The van der Waals surface area contributed by atoms with Crippen LogP contribution in [0.5, 0.6) is 5.75 Å². The zero-order chi connectivity index (χ0) is 15.2. The first-order valence-corrected chi connectivity index (χ1v) is 7.74. The summed E-state index contributed by atoms with van der Waals surface area (Å²) >= 11 is 0. The Labute approximate surface area is 127 Å². The Morgan fingerprint density at radius 2 is 2.10 bits per heavy atom. The lowest BCUT2D eigenvalue weighted by Gasteiger charge is -2.32. The molecular formula is C17H26N2O2. The highest BCUT2D eigenvalue weighted by molar-refractivity contribution is 5.94. The van der Waals surface area contributed by atoms with Crippen LogP contribution in [0.25, 0.3) is 0 Å². The van der Waals surface area contributed by atoms with Crippen molar-refractivity contribution in [2.45, 2.75) is 32.7 Å². The Kier molecular flexibility index (Phi) is 5.76. The smallest absolute Gasteiger partial charge is 0.159 e. The number of hydrogen-bond donors (Lipinski definition) is 1. The maximum atomic E-state index is 11.5. The highest BCUT2D eigenvalue weighted by Gasteiger charge is 2.20. The Morgan fingerprint density at radius 1 is 1.38 bits per heavy atom. The number of rotatable bonds is 6. The molecule has 0 unspecified atom stereocenters. The molecule has 0 radical (unpaired) electrons. The molecule has 0 aromatic heterocycles. The van der Waals surface area contributed by atoms with Crippen molar-refractivity contribution in [3.05, 3.63) is 29.3 Å². The maximum absolute atomic E-state index is 11.5. The van der Waals surface area contributed by atoms with Gasteiger partial charge in [-0.15, -0.1) is 0 Å². The number of nitrogens with zero attached hydrogens (tertiary/aromatic N) is 1. The predicted molar refractivity (Wildman–Crippen MR) is 84.7 cm³/mol. The van der Waals surface area contributed by atoms with E-state index in [0.29, 0.717) is 0 Å². The molecule has 1 aliphatic rings. The third-order valence-electron chi connectivity index (χ3n) is 4.36. The second kappa shape index (κ2) is 7.57. The molecule has 0 saturated carbocycles. The van der Waals surface area contributed by atoms with Gasteiger partial charge in [0.1, 0.15) is 5.75 Å². The van der Waals surface area contributed by atoms with E-state index in [9.17, 15) is 4.79 Å². The quantitative estimate of drug-likeness (QED) is 0.818. The molecule has 1 aliphatic heterocycles. The third-order valence-corrected chi connectivity index (χ3v) is 4.36. The van der Waals surface area contributed by atoms with Crippen molar-refractivity contribution in [3.8, 4) is 5.75 Å². The van der Waals surface area contributed by atoms with Crippen molar-refractivity contribution in [3.63, 3.8) is 0 Å². The van der Waals surface area contributed by atoms with Gasteiger partial charge >= 0.3 is 0 Å². The van der Waals surface area contributed by atoms with Gasteiger partial charge in [0.15, 0.2) is 5.78 Å². The van der Waals surface area contributed by atoms with Crippen LogP contribution in [0.4, 0.5) is 0 Å². The van der Waals surface area contributed by atoms with Crippen LogP contribution in [0.15, 0.2) is 18.2 Å². The number of carbonyl (C=O) groups is 1. The zero-order valence-corrected chi connectivity index (χ0v) is 13.1. The van der Waals surface area contributed by atoms with Gasteiger partial charge in [0, 0.05) is 17.7 Å². The number of Topliss-reactive ketones (excluding diaryl/α,β-unsaturated/α-hetero) is 1. The van der Waals surface area contributed by atoms with Crippen LogP contribution in [0.1, 0.15) is 42.1 Å². The summed E-state index contributed by atoms with van der Waals surface area (Å²) in [5.41, 5.74) is 7.49. The molecule has 1 fully saturated rings. The summed E-state index contributed by atoms with van der Waals surface area (Å²) in [5, 5.41) is 0. The summed E-state index contributed by atoms with van der Waals surface area (Å²) in [7, 11) is 1.68. The topological polar surface area (TPSA) is 55.6 Å². The van der Waals surface area contributed by atoms with Crippen molar-refractivity contribution in [1.82, 2.24) is 4.90 Å². The van der Waals surface area contributed by atoms with E-state index in [-0.39, 0.29) is 5.78 Å². The Balaban J connectivity index is 2.02. The van der Waals surface area contributed by atoms with E-state index in [4.69, 9.17) is 10.5 Å². The summed E-state index contributed by atoms with van der Waals surface area (Å²) in [4.78, 5) is 14.0. The number of nitrogens with two attached hydrogens (primary N) is 1. The minimum atomic E-state index is 0.0977. The van der Waals surface area contributed by atoms with E-state index in [1.165, 1.54) is 12.8 Å². The molecule has 0 bridgehead atoms. The minimum absolute atomic E-state index is 0.0977. The fraction of sp³-hybridized carbons (Fsp3) is 0.588. The van der Waals surface area contributed by atoms with Gasteiger partial charge in [0.05, 0.1) is 7.11 Å². The fourth-order valence-corrected chi connectivity index (χ4v) is 3.03. The summed E-state index contributed by atoms with van der Waals surface area (Å²) in [5.74, 6) is 1.74. The van der Waals surface area contributed by atoms with E-state index in [2.05, 4.69) is 4.90 Å². The molecule has 4 nitrogen and oxygen atoms in total. The highest BCUT2D eigenvalue weighted by atomic mass is 16.5. The monoisotopic (exact) mass is 290 g/mol. The van der Waals surface area contributed by atoms with Crippen LogP contribution in [0, 0.1) is 5.92 Å². The Bertz CT molecular complexity index is 480. The number of methoxy groups -OCH3 is 1. The Morgan fingerprint density at radius 3 is 2.67 bits per heavy atom. The summed E-state index contributed by atoms with van der Waals surface area (Å²) in [6, 6.07) is 5.69. The lowest BCUT2D eigenvalue weighted by Crippen LogP contribution is -2.34. The molecule has 1 heterocycles. The Hall–Kier alpha value is -1.39. The number of ketones is 1. The molecule has 21 heavy (non-hydrogen) atoms. The number of ether oxygens (including phenoxy) is 1. The standard InChI is InChI=1S/C17H26N2O2/c1-13(20)15-3-4-17(21-2)16(11-15)12-19-9-6-14(5-8-18)7-10-19/h3-4,11,14H,5-10,12,18H2,1-2H3. The van der Waals surface area contributed by atoms with Gasteiger partial charge in [-0.3, -0.25) is 9.69 Å². The number of carbonyl (C=O) groups excluding carboxylic acids is 1. The second-order valence-electron chi connectivity index (χ2n) is 5.88. The van der Waals surface area contributed by atoms with Gasteiger partial charge in [0.2, 0.25) is 0 Å². The first-order valence-electron chi connectivity index (χ1n) is 7.74. The van der Waals surface area contributed by atoms with E-state index in [1.54, 1.807) is 14.0 Å². The predicted octanol–water partition coefficient (Wildman–Crippen LogP) is 2.46. The van der Waals surface area contributed by atoms with Gasteiger partial charge in [-0.1, -0.05) is 0 Å². The van der Waals surface area contributed by atoms with Gasteiger partial charge < -0.3 is 10.5 Å². The van der Waals surface area contributed by atoms with Gasteiger partial charge in [-0.05, 0) is 69.9 Å². The normalized spacial score (nSPS) is 16.9. The molecule has 1 aromatic rings. The molecule has 0 aliphatic carbocycles. The number of hydrogen-bond acceptors (Lipinski definition) is 4.